The fourth-order valence-corrected chi connectivity index (χ4v) is 2.79. The van der Waals surface area contributed by atoms with Crippen molar-refractivity contribution in [1.82, 2.24) is 5.32 Å². The van der Waals surface area contributed by atoms with Crippen molar-refractivity contribution in [3.05, 3.63) is 24.3 Å². The zero-order chi connectivity index (χ0) is 15.1. The maximum Gasteiger partial charge on any atom is 0.224 e. The van der Waals surface area contributed by atoms with Gasteiger partial charge in [-0.25, -0.2) is 0 Å². The van der Waals surface area contributed by atoms with Crippen LogP contribution in [0.4, 0.5) is 11.4 Å². The smallest absolute Gasteiger partial charge is 0.224 e. The number of rotatable bonds is 6. The second-order valence-electron chi connectivity index (χ2n) is 5.91. The lowest BCUT2D eigenvalue weighted by Crippen LogP contribution is -2.37. The molecule has 4 nitrogen and oxygen atoms in total. The van der Waals surface area contributed by atoms with Crippen LogP contribution in [0.5, 0.6) is 0 Å². The fourth-order valence-electron chi connectivity index (χ4n) is 2.79. The Kier molecular flexibility index (Phi) is 6.05. The summed E-state index contributed by atoms with van der Waals surface area (Å²) in [6.07, 6.45) is 5.59. The molecule has 1 aliphatic rings. The zero-order valence-corrected chi connectivity index (χ0v) is 13.1. The quantitative estimate of drug-likeness (QED) is 0.752. The van der Waals surface area contributed by atoms with E-state index in [1.54, 1.807) is 0 Å². The van der Waals surface area contributed by atoms with Crippen molar-refractivity contribution < 1.29 is 4.79 Å². The third-order valence-corrected chi connectivity index (χ3v) is 3.95. The highest BCUT2D eigenvalue weighted by atomic mass is 16.1. The van der Waals surface area contributed by atoms with Crippen molar-refractivity contribution in [2.45, 2.75) is 58.0 Å². The van der Waals surface area contributed by atoms with Gasteiger partial charge in [0.05, 0.1) is 0 Å². The Morgan fingerprint density at radius 2 is 2.00 bits per heavy atom. The van der Waals surface area contributed by atoms with Gasteiger partial charge in [0.2, 0.25) is 5.91 Å². The van der Waals surface area contributed by atoms with Crippen LogP contribution >= 0.6 is 0 Å². The van der Waals surface area contributed by atoms with E-state index < -0.39 is 0 Å². The summed E-state index contributed by atoms with van der Waals surface area (Å²) >= 11 is 0. The van der Waals surface area contributed by atoms with Crippen LogP contribution in [-0.2, 0) is 4.79 Å². The van der Waals surface area contributed by atoms with Crippen LogP contribution in [0.2, 0.25) is 0 Å². The van der Waals surface area contributed by atoms with Crippen LogP contribution in [0.15, 0.2) is 24.3 Å². The number of hydrogen-bond donors (Lipinski definition) is 3. The first-order valence-corrected chi connectivity index (χ1v) is 8.07. The van der Waals surface area contributed by atoms with Gasteiger partial charge >= 0.3 is 0 Å². The van der Waals surface area contributed by atoms with Gasteiger partial charge in [0, 0.05) is 29.9 Å². The number of hydrogen-bond acceptors (Lipinski definition) is 3. The minimum atomic E-state index is 0.0486. The molecule has 0 aliphatic carbocycles. The molecule has 21 heavy (non-hydrogen) atoms. The molecule has 1 aliphatic heterocycles. The molecular formula is C17H27N3O. The van der Waals surface area contributed by atoms with Crippen LogP contribution in [0.3, 0.4) is 0 Å². The minimum Gasteiger partial charge on any atom is -0.383 e. The molecule has 0 saturated carbocycles. The molecule has 4 heteroatoms. The number of carbonyl (C=O) groups is 1. The molecule has 1 aromatic rings. The van der Waals surface area contributed by atoms with Crippen LogP contribution in [0.1, 0.15) is 46.0 Å². The highest BCUT2D eigenvalue weighted by Crippen LogP contribution is 2.17. The summed E-state index contributed by atoms with van der Waals surface area (Å²) in [5, 5.41) is 9.98. The van der Waals surface area contributed by atoms with Gasteiger partial charge in [0.25, 0.3) is 0 Å². The summed E-state index contributed by atoms with van der Waals surface area (Å²) in [5.74, 6) is 0.0486. The molecule has 2 atom stereocenters. The Balaban J connectivity index is 1.80. The average Bonchev–Trinajstić information content (AvgIpc) is 2.50. The normalized spacial score (nSPS) is 19.8. The molecule has 1 saturated heterocycles. The Morgan fingerprint density at radius 3 is 2.62 bits per heavy atom. The maximum absolute atomic E-state index is 11.3. The highest BCUT2D eigenvalue weighted by molar-refractivity contribution is 5.90. The van der Waals surface area contributed by atoms with Gasteiger partial charge in [-0.3, -0.25) is 4.79 Å². The fraction of sp³-hybridized carbons (Fsp3) is 0.588. The average molecular weight is 289 g/mol. The Labute approximate surface area is 127 Å². The van der Waals surface area contributed by atoms with Gasteiger partial charge in [-0.2, -0.15) is 0 Å². The predicted octanol–water partition coefficient (Wildman–Crippen LogP) is 3.37. The van der Waals surface area contributed by atoms with Crippen molar-refractivity contribution in [2.24, 2.45) is 0 Å². The van der Waals surface area contributed by atoms with Crippen LogP contribution in [0, 0.1) is 0 Å². The van der Waals surface area contributed by atoms with E-state index in [1.807, 2.05) is 31.2 Å². The number of anilines is 2. The molecule has 2 rings (SSSR count). The van der Waals surface area contributed by atoms with E-state index in [-0.39, 0.29) is 5.91 Å². The van der Waals surface area contributed by atoms with E-state index >= 15 is 0 Å². The number of carbonyl (C=O) groups excluding carboxylic acids is 1. The zero-order valence-electron chi connectivity index (χ0n) is 13.1. The summed E-state index contributed by atoms with van der Waals surface area (Å²) in [6, 6.07) is 9.02. The van der Waals surface area contributed by atoms with Crippen molar-refractivity contribution in [3.8, 4) is 0 Å². The minimum absolute atomic E-state index is 0.0486. The van der Waals surface area contributed by atoms with Crippen LogP contribution < -0.4 is 16.0 Å². The molecule has 1 fully saturated rings. The molecule has 116 valence electrons. The van der Waals surface area contributed by atoms with E-state index in [4.69, 9.17) is 0 Å². The van der Waals surface area contributed by atoms with Gasteiger partial charge in [0.1, 0.15) is 0 Å². The monoisotopic (exact) mass is 289 g/mol. The lowest BCUT2D eigenvalue weighted by molar-refractivity contribution is -0.115. The predicted molar refractivity (Wildman–Crippen MR) is 88.7 cm³/mol. The molecule has 3 N–H and O–H groups in total. The summed E-state index contributed by atoms with van der Waals surface area (Å²) in [6.45, 7) is 5.23. The third kappa shape index (κ3) is 5.38. The molecule has 0 spiro atoms. The number of benzene rings is 1. The molecule has 0 radical (unpaired) electrons. The Morgan fingerprint density at radius 1 is 1.29 bits per heavy atom. The summed E-state index contributed by atoms with van der Waals surface area (Å²) in [4.78, 5) is 11.3. The number of nitrogens with one attached hydrogen (secondary N) is 3. The largest absolute Gasteiger partial charge is 0.383 e. The van der Waals surface area contributed by atoms with Crippen molar-refractivity contribution in [3.63, 3.8) is 0 Å². The first kappa shape index (κ1) is 15.8. The summed E-state index contributed by atoms with van der Waals surface area (Å²) in [5.41, 5.74) is 1.96. The topological polar surface area (TPSA) is 53.2 Å². The van der Waals surface area contributed by atoms with E-state index in [0.29, 0.717) is 18.5 Å². The number of piperidine rings is 1. The van der Waals surface area contributed by atoms with Crippen molar-refractivity contribution in [2.75, 3.05) is 17.2 Å². The van der Waals surface area contributed by atoms with Gasteiger partial charge in [-0.05, 0) is 57.0 Å². The van der Waals surface area contributed by atoms with Gasteiger partial charge < -0.3 is 16.0 Å². The first-order chi connectivity index (χ1) is 10.2. The molecule has 0 aromatic heterocycles. The SMILES string of the molecule is CCC(=O)Nc1ccc(NC(C)CC2CCCCN2)cc1. The van der Waals surface area contributed by atoms with E-state index in [0.717, 1.165) is 24.3 Å². The Bertz CT molecular complexity index is 438. The first-order valence-electron chi connectivity index (χ1n) is 8.07. The van der Waals surface area contributed by atoms with Gasteiger partial charge in [-0.1, -0.05) is 13.3 Å². The van der Waals surface area contributed by atoms with Crippen LogP contribution in [0.25, 0.3) is 0 Å². The molecule has 1 amide bonds. The summed E-state index contributed by atoms with van der Waals surface area (Å²) in [7, 11) is 0. The lowest BCUT2D eigenvalue weighted by atomic mass is 9.98. The standard InChI is InChI=1S/C17H27N3O/c1-3-17(21)20-15-9-7-14(8-10-15)19-13(2)12-16-6-4-5-11-18-16/h7-10,13,16,18-19H,3-6,11-12H2,1-2H3,(H,20,21). The van der Waals surface area contributed by atoms with Crippen molar-refractivity contribution in [1.29, 1.82) is 0 Å². The van der Waals surface area contributed by atoms with Crippen molar-refractivity contribution >= 4 is 17.3 Å². The van der Waals surface area contributed by atoms with E-state index in [1.165, 1.54) is 19.3 Å². The number of amides is 1. The molecule has 0 bridgehead atoms. The van der Waals surface area contributed by atoms with Crippen LogP contribution in [-0.4, -0.2) is 24.5 Å². The Hall–Kier alpha value is -1.55. The molecule has 2 unspecified atom stereocenters. The summed E-state index contributed by atoms with van der Waals surface area (Å²) < 4.78 is 0. The van der Waals surface area contributed by atoms with Gasteiger partial charge in [0.15, 0.2) is 0 Å². The molecule has 1 aromatic carbocycles. The molecule has 1 heterocycles. The molecular weight excluding hydrogens is 262 g/mol. The van der Waals surface area contributed by atoms with E-state index in [2.05, 4.69) is 22.9 Å². The maximum atomic E-state index is 11.3. The lowest BCUT2D eigenvalue weighted by Gasteiger charge is -2.27. The van der Waals surface area contributed by atoms with Gasteiger partial charge in [-0.15, -0.1) is 0 Å². The third-order valence-electron chi connectivity index (χ3n) is 3.95. The second kappa shape index (κ2) is 8.03. The highest BCUT2D eigenvalue weighted by Gasteiger charge is 2.15. The van der Waals surface area contributed by atoms with E-state index in [9.17, 15) is 4.79 Å². The second-order valence-corrected chi connectivity index (χ2v) is 5.91.